The third-order valence-electron chi connectivity index (χ3n) is 1.71. The average Bonchev–Trinajstić information content (AvgIpc) is 2.89. The maximum atomic E-state index is 11.2. The van der Waals surface area contributed by atoms with Crippen LogP contribution in [-0.2, 0) is 4.74 Å². The van der Waals surface area contributed by atoms with Crippen LogP contribution in [0.3, 0.4) is 0 Å². The van der Waals surface area contributed by atoms with E-state index in [-0.39, 0.29) is 12.5 Å². The van der Waals surface area contributed by atoms with Crippen LogP contribution in [0.15, 0.2) is 22.9 Å². The van der Waals surface area contributed by atoms with Crippen LogP contribution in [0.2, 0.25) is 0 Å². The summed E-state index contributed by atoms with van der Waals surface area (Å²) in [5.74, 6) is -0.410. The molecule has 0 spiro atoms. The van der Waals surface area contributed by atoms with Crippen molar-refractivity contribution in [2.45, 2.75) is 6.92 Å². The van der Waals surface area contributed by atoms with E-state index in [1.54, 1.807) is 25.3 Å². The fraction of sp³-hybridized carbons (Fsp3) is 0.222. The topological polar surface area (TPSA) is 81.0 Å². The molecule has 0 aliphatic rings. The standard InChI is InChI=1S/C9H9N3O3/c1-2-14-9(13)8-11-7(12-15-8)6-4-3-5-10-6/h3-5,10H,2H2,1H3. The number of hydrogen-bond donors (Lipinski definition) is 1. The number of nitrogens with one attached hydrogen (secondary N) is 1. The van der Waals surface area contributed by atoms with Gasteiger partial charge in [-0.05, 0) is 19.1 Å². The Balaban J connectivity index is 2.21. The molecule has 0 amide bonds. The van der Waals surface area contributed by atoms with E-state index in [1.165, 1.54) is 0 Å². The molecule has 6 nitrogen and oxygen atoms in total. The summed E-state index contributed by atoms with van der Waals surface area (Å²) >= 11 is 0. The minimum Gasteiger partial charge on any atom is -0.459 e. The molecular formula is C9H9N3O3. The van der Waals surface area contributed by atoms with Crippen molar-refractivity contribution in [1.82, 2.24) is 15.1 Å². The number of carbonyl (C=O) groups excluding carboxylic acids is 1. The highest BCUT2D eigenvalue weighted by Gasteiger charge is 2.16. The second-order valence-corrected chi connectivity index (χ2v) is 2.73. The first-order chi connectivity index (χ1) is 7.31. The first-order valence-electron chi connectivity index (χ1n) is 4.46. The molecule has 0 saturated carbocycles. The van der Waals surface area contributed by atoms with Crippen LogP contribution < -0.4 is 0 Å². The van der Waals surface area contributed by atoms with E-state index < -0.39 is 5.97 Å². The maximum absolute atomic E-state index is 11.2. The van der Waals surface area contributed by atoms with Gasteiger partial charge in [-0.25, -0.2) is 4.79 Å². The van der Waals surface area contributed by atoms with E-state index >= 15 is 0 Å². The molecule has 2 rings (SSSR count). The number of rotatable bonds is 3. The van der Waals surface area contributed by atoms with Crippen molar-refractivity contribution in [3.8, 4) is 11.5 Å². The minimum atomic E-state index is -0.609. The monoisotopic (exact) mass is 207 g/mol. The zero-order valence-electron chi connectivity index (χ0n) is 8.06. The van der Waals surface area contributed by atoms with Crippen LogP contribution in [0.4, 0.5) is 0 Å². The minimum absolute atomic E-state index is 0.138. The number of aromatic amines is 1. The van der Waals surface area contributed by atoms with Crippen molar-refractivity contribution in [2.75, 3.05) is 6.61 Å². The van der Waals surface area contributed by atoms with Gasteiger partial charge in [0.25, 0.3) is 0 Å². The first kappa shape index (κ1) is 9.45. The molecule has 0 aromatic carbocycles. The molecule has 0 bridgehead atoms. The molecule has 0 aliphatic heterocycles. The third-order valence-corrected chi connectivity index (χ3v) is 1.71. The molecule has 0 saturated heterocycles. The van der Waals surface area contributed by atoms with Crippen LogP contribution in [-0.4, -0.2) is 27.7 Å². The van der Waals surface area contributed by atoms with Crippen LogP contribution in [0.5, 0.6) is 0 Å². The van der Waals surface area contributed by atoms with Crippen LogP contribution in [0.25, 0.3) is 11.5 Å². The smallest absolute Gasteiger partial charge is 0.397 e. The molecule has 0 unspecified atom stereocenters. The molecule has 2 aromatic rings. The quantitative estimate of drug-likeness (QED) is 0.766. The van der Waals surface area contributed by atoms with Gasteiger partial charge in [0.1, 0.15) is 0 Å². The molecule has 6 heteroatoms. The molecule has 0 aliphatic carbocycles. The second kappa shape index (κ2) is 3.95. The van der Waals surface area contributed by atoms with Crippen molar-refractivity contribution in [3.63, 3.8) is 0 Å². The van der Waals surface area contributed by atoms with Gasteiger partial charge in [0.2, 0.25) is 5.82 Å². The van der Waals surface area contributed by atoms with E-state index in [2.05, 4.69) is 15.1 Å². The summed E-state index contributed by atoms with van der Waals surface area (Å²) < 4.78 is 9.46. The van der Waals surface area contributed by atoms with Crippen LogP contribution >= 0.6 is 0 Å². The molecule has 2 aromatic heterocycles. The van der Waals surface area contributed by atoms with Gasteiger partial charge in [0.15, 0.2) is 0 Å². The summed E-state index contributed by atoms with van der Waals surface area (Å²) in [7, 11) is 0. The molecule has 0 atom stereocenters. The van der Waals surface area contributed by atoms with Gasteiger partial charge in [0, 0.05) is 6.20 Å². The number of carbonyl (C=O) groups is 1. The van der Waals surface area contributed by atoms with Gasteiger partial charge >= 0.3 is 11.9 Å². The molecule has 0 radical (unpaired) electrons. The first-order valence-corrected chi connectivity index (χ1v) is 4.46. The van der Waals surface area contributed by atoms with E-state index in [1.807, 2.05) is 0 Å². The summed E-state index contributed by atoms with van der Waals surface area (Å²) in [6.45, 7) is 1.99. The van der Waals surface area contributed by atoms with Crippen LogP contribution in [0, 0.1) is 0 Å². The summed E-state index contributed by atoms with van der Waals surface area (Å²) in [5.41, 5.74) is 0.689. The zero-order valence-corrected chi connectivity index (χ0v) is 8.06. The Morgan fingerprint density at radius 2 is 2.53 bits per heavy atom. The number of ether oxygens (including phenoxy) is 1. The Labute approximate surface area is 85.3 Å². The average molecular weight is 207 g/mol. The van der Waals surface area contributed by atoms with E-state index in [0.29, 0.717) is 11.5 Å². The molecule has 78 valence electrons. The Hall–Kier alpha value is -2.11. The lowest BCUT2D eigenvalue weighted by molar-refractivity contribution is 0.0470. The Morgan fingerprint density at radius 1 is 1.67 bits per heavy atom. The lowest BCUT2D eigenvalue weighted by Gasteiger charge is -1.93. The maximum Gasteiger partial charge on any atom is 0.397 e. The molecule has 1 N–H and O–H groups in total. The van der Waals surface area contributed by atoms with Crippen molar-refractivity contribution < 1.29 is 14.1 Å². The van der Waals surface area contributed by atoms with Crippen molar-refractivity contribution in [3.05, 3.63) is 24.2 Å². The number of nitrogens with zero attached hydrogens (tertiary/aromatic N) is 2. The summed E-state index contributed by atoms with van der Waals surface area (Å²) in [6, 6.07) is 3.58. The fourth-order valence-corrected chi connectivity index (χ4v) is 1.08. The third kappa shape index (κ3) is 1.88. The van der Waals surface area contributed by atoms with Crippen molar-refractivity contribution in [1.29, 1.82) is 0 Å². The number of hydrogen-bond acceptors (Lipinski definition) is 5. The SMILES string of the molecule is CCOC(=O)c1nc(-c2ccc[nH]2)no1. The zero-order chi connectivity index (χ0) is 10.7. The Morgan fingerprint density at radius 3 is 3.20 bits per heavy atom. The van der Waals surface area contributed by atoms with Gasteiger partial charge in [-0.1, -0.05) is 5.16 Å². The highest BCUT2D eigenvalue weighted by Crippen LogP contribution is 2.12. The predicted molar refractivity (Wildman–Crippen MR) is 50.0 cm³/mol. The lowest BCUT2D eigenvalue weighted by atomic mass is 10.4. The molecule has 15 heavy (non-hydrogen) atoms. The largest absolute Gasteiger partial charge is 0.459 e. The van der Waals surface area contributed by atoms with E-state index in [4.69, 9.17) is 9.26 Å². The Kier molecular flexibility index (Phi) is 2.49. The Bertz CT molecular complexity index is 447. The second-order valence-electron chi connectivity index (χ2n) is 2.73. The normalized spacial score (nSPS) is 10.2. The van der Waals surface area contributed by atoms with Gasteiger partial charge in [-0.3, -0.25) is 0 Å². The van der Waals surface area contributed by atoms with Gasteiger partial charge < -0.3 is 14.2 Å². The number of aromatic nitrogens is 3. The van der Waals surface area contributed by atoms with Crippen LogP contribution in [0.1, 0.15) is 17.6 Å². The van der Waals surface area contributed by atoms with Gasteiger partial charge in [-0.15, -0.1) is 0 Å². The molecular weight excluding hydrogens is 198 g/mol. The molecule has 2 heterocycles. The lowest BCUT2D eigenvalue weighted by Crippen LogP contribution is -2.04. The summed E-state index contributed by atoms with van der Waals surface area (Å²) in [6.07, 6.45) is 1.73. The predicted octanol–water partition coefficient (Wildman–Crippen LogP) is 1.24. The molecule has 0 fully saturated rings. The summed E-state index contributed by atoms with van der Waals surface area (Å²) in [4.78, 5) is 18.0. The highest BCUT2D eigenvalue weighted by atomic mass is 16.6. The van der Waals surface area contributed by atoms with Crippen molar-refractivity contribution >= 4 is 5.97 Å². The van der Waals surface area contributed by atoms with Gasteiger partial charge in [0.05, 0.1) is 12.3 Å². The number of H-pyrrole nitrogens is 1. The van der Waals surface area contributed by atoms with E-state index in [9.17, 15) is 4.79 Å². The van der Waals surface area contributed by atoms with Crippen molar-refractivity contribution in [2.24, 2.45) is 0 Å². The van der Waals surface area contributed by atoms with E-state index in [0.717, 1.165) is 0 Å². The van der Waals surface area contributed by atoms with Gasteiger partial charge in [-0.2, -0.15) is 4.98 Å². The summed E-state index contributed by atoms with van der Waals surface area (Å²) in [5, 5.41) is 3.64. The highest BCUT2D eigenvalue weighted by molar-refractivity contribution is 5.84. The fourth-order valence-electron chi connectivity index (χ4n) is 1.08. The number of esters is 1.